The quantitative estimate of drug-likeness (QED) is 0.919. The van der Waals surface area contributed by atoms with Crippen molar-refractivity contribution in [3.05, 3.63) is 29.8 Å². The Kier molecular flexibility index (Phi) is 5.12. The summed E-state index contributed by atoms with van der Waals surface area (Å²) in [5.41, 5.74) is 1.79. The molecule has 1 aromatic rings. The Hall–Kier alpha value is -1.84. The van der Waals surface area contributed by atoms with Crippen molar-refractivity contribution in [1.82, 2.24) is 4.90 Å². The fraction of sp³-hybridized carbons (Fsp3) is 0.579. The number of nitrogens with zero attached hydrogens (tertiary/aromatic N) is 1. The van der Waals surface area contributed by atoms with Crippen molar-refractivity contribution in [1.29, 1.82) is 0 Å². The van der Waals surface area contributed by atoms with Gasteiger partial charge in [0.05, 0.1) is 5.92 Å². The van der Waals surface area contributed by atoms with Crippen molar-refractivity contribution in [3.8, 4) is 0 Å². The van der Waals surface area contributed by atoms with Crippen LogP contribution in [0.1, 0.15) is 58.9 Å². The molecule has 1 fully saturated rings. The van der Waals surface area contributed by atoms with Crippen LogP contribution in [0.15, 0.2) is 24.3 Å². The zero-order valence-corrected chi connectivity index (χ0v) is 14.8. The zero-order valence-electron chi connectivity index (χ0n) is 14.8. The van der Waals surface area contributed by atoms with Crippen molar-refractivity contribution in [2.45, 2.75) is 58.9 Å². The number of hydrogen-bond acceptors (Lipinski definition) is 2. The number of hydrogen-bond donors (Lipinski definition) is 1. The molecular weight excluding hydrogens is 288 g/mol. The minimum atomic E-state index is -0.272. The fourth-order valence-electron chi connectivity index (χ4n) is 3.03. The lowest BCUT2D eigenvalue weighted by Gasteiger charge is -2.32. The van der Waals surface area contributed by atoms with E-state index in [-0.39, 0.29) is 23.3 Å². The molecule has 0 unspecified atom stereocenters. The number of carbonyl (C=O) groups excluding carboxylic acids is 2. The summed E-state index contributed by atoms with van der Waals surface area (Å²) in [7, 11) is 0. The molecule has 126 valence electrons. The van der Waals surface area contributed by atoms with Crippen LogP contribution in [0.3, 0.4) is 0 Å². The second-order valence-electron chi connectivity index (χ2n) is 7.46. The van der Waals surface area contributed by atoms with Crippen molar-refractivity contribution in [2.75, 3.05) is 11.9 Å². The van der Waals surface area contributed by atoms with Gasteiger partial charge in [0.15, 0.2) is 0 Å². The van der Waals surface area contributed by atoms with Crippen molar-refractivity contribution in [3.63, 3.8) is 0 Å². The molecule has 1 aliphatic heterocycles. The molecule has 2 amide bonds. The van der Waals surface area contributed by atoms with E-state index < -0.39 is 0 Å². The minimum absolute atomic E-state index is 0.0548. The molecule has 0 spiro atoms. The first kappa shape index (κ1) is 17.5. The van der Waals surface area contributed by atoms with Crippen LogP contribution in [0.25, 0.3) is 0 Å². The minimum Gasteiger partial charge on any atom is -0.337 e. The molecule has 4 heteroatoms. The Bertz CT molecular complexity index is 589. The monoisotopic (exact) mass is 316 g/mol. The molecule has 2 atom stereocenters. The molecule has 1 N–H and O–H groups in total. The highest BCUT2D eigenvalue weighted by atomic mass is 16.2. The summed E-state index contributed by atoms with van der Waals surface area (Å²) in [6, 6.07) is 7.93. The van der Waals surface area contributed by atoms with E-state index in [0.717, 1.165) is 17.7 Å². The van der Waals surface area contributed by atoms with Gasteiger partial charge < -0.3 is 10.2 Å². The molecule has 1 aliphatic rings. The van der Waals surface area contributed by atoms with E-state index in [1.165, 1.54) is 0 Å². The first-order valence-corrected chi connectivity index (χ1v) is 8.44. The van der Waals surface area contributed by atoms with Crippen LogP contribution in [-0.4, -0.2) is 28.8 Å². The van der Waals surface area contributed by atoms with E-state index in [1.54, 1.807) is 4.90 Å². The number of nitrogens with one attached hydrogen (secondary N) is 1. The van der Waals surface area contributed by atoms with Gasteiger partial charge in [-0.05, 0) is 44.7 Å². The van der Waals surface area contributed by atoms with E-state index in [9.17, 15) is 9.59 Å². The highest BCUT2D eigenvalue weighted by Crippen LogP contribution is 2.29. The van der Waals surface area contributed by atoms with E-state index in [0.29, 0.717) is 18.9 Å². The third-order valence-electron chi connectivity index (χ3n) is 4.67. The molecule has 0 radical (unpaired) electrons. The first-order valence-electron chi connectivity index (χ1n) is 8.44. The highest BCUT2D eigenvalue weighted by Gasteiger charge is 2.39. The van der Waals surface area contributed by atoms with Crippen LogP contribution < -0.4 is 5.32 Å². The summed E-state index contributed by atoms with van der Waals surface area (Å²) in [4.78, 5) is 26.6. The average molecular weight is 316 g/mol. The summed E-state index contributed by atoms with van der Waals surface area (Å²) in [5, 5.41) is 3.04. The largest absolute Gasteiger partial charge is 0.337 e. The number of likely N-dealkylation sites (tertiary alicyclic amines) is 1. The van der Waals surface area contributed by atoms with Gasteiger partial charge in [0, 0.05) is 24.2 Å². The van der Waals surface area contributed by atoms with Gasteiger partial charge in [0.1, 0.15) is 0 Å². The summed E-state index contributed by atoms with van der Waals surface area (Å²) < 4.78 is 0. The maximum Gasteiger partial charge on any atom is 0.229 e. The fourth-order valence-corrected chi connectivity index (χ4v) is 3.03. The van der Waals surface area contributed by atoms with Crippen molar-refractivity contribution < 1.29 is 9.59 Å². The van der Waals surface area contributed by atoms with Gasteiger partial charge in [0.25, 0.3) is 0 Å². The summed E-state index contributed by atoms with van der Waals surface area (Å²) in [5.74, 6) is 0.128. The Balaban J connectivity index is 2.11. The predicted octanol–water partition coefficient (Wildman–Crippen LogP) is 3.79. The molecule has 0 bridgehead atoms. The lowest BCUT2D eigenvalue weighted by atomic mass is 9.96. The Labute approximate surface area is 139 Å². The molecule has 0 saturated carbocycles. The second-order valence-corrected chi connectivity index (χ2v) is 7.46. The van der Waals surface area contributed by atoms with Crippen LogP contribution in [0, 0.1) is 5.92 Å². The second kappa shape index (κ2) is 6.73. The number of anilines is 1. The van der Waals surface area contributed by atoms with Gasteiger partial charge in [-0.2, -0.15) is 0 Å². The molecule has 0 aromatic heterocycles. The van der Waals surface area contributed by atoms with Gasteiger partial charge >= 0.3 is 0 Å². The maximum absolute atomic E-state index is 12.6. The van der Waals surface area contributed by atoms with Crippen LogP contribution in [0.5, 0.6) is 0 Å². The van der Waals surface area contributed by atoms with Crippen molar-refractivity contribution >= 4 is 17.5 Å². The van der Waals surface area contributed by atoms with E-state index >= 15 is 0 Å². The molecule has 23 heavy (non-hydrogen) atoms. The molecule has 2 rings (SSSR count). The van der Waals surface area contributed by atoms with Gasteiger partial charge in [-0.15, -0.1) is 0 Å². The van der Waals surface area contributed by atoms with E-state index in [2.05, 4.69) is 25.2 Å². The third-order valence-corrected chi connectivity index (χ3v) is 4.67. The Morgan fingerprint density at radius 2 is 2.00 bits per heavy atom. The van der Waals surface area contributed by atoms with Gasteiger partial charge in [0.2, 0.25) is 11.8 Å². The van der Waals surface area contributed by atoms with Crippen LogP contribution >= 0.6 is 0 Å². The number of carbonyl (C=O) groups is 2. The van der Waals surface area contributed by atoms with Gasteiger partial charge in [-0.25, -0.2) is 0 Å². The molecular formula is C19H28N2O2. The number of para-hydroxylation sites is 1. The smallest absolute Gasteiger partial charge is 0.229 e. The number of rotatable bonds is 4. The summed E-state index contributed by atoms with van der Waals surface area (Å²) in [6.45, 7) is 10.8. The standard InChI is InChI=1S/C19H28N2O2/c1-6-13(2)15-9-7-8-10-16(15)20-18(23)14-11-17(22)21(12-14)19(3,4)5/h7-10,13-14H,6,11-12H2,1-5H3,(H,20,23)/t13-,14-/m0/s1. The third kappa shape index (κ3) is 3.92. The van der Waals surface area contributed by atoms with Gasteiger partial charge in [-0.1, -0.05) is 32.0 Å². The zero-order chi connectivity index (χ0) is 17.2. The lowest BCUT2D eigenvalue weighted by Crippen LogP contribution is -2.42. The maximum atomic E-state index is 12.6. The summed E-state index contributed by atoms with van der Waals surface area (Å²) in [6.07, 6.45) is 1.32. The molecule has 1 aromatic carbocycles. The van der Waals surface area contributed by atoms with E-state index in [1.807, 2.05) is 39.0 Å². The molecule has 1 saturated heterocycles. The molecule has 0 aliphatic carbocycles. The highest BCUT2D eigenvalue weighted by molar-refractivity contribution is 5.97. The normalized spacial score (nSPS) is 19.8. The average Bonchev–Trinajstić information content (AvgIpc) is 2.89. The van der Waals surface area contributed by atoms with Crippen LogP contribution in [0.2, 0.25) is 0 Å². The Morgan fingerprint density at radius 1 is 1.35 bits per heavy atom. The Morgan fingerprint density at radius 3 is 2.57 bits per heavy atom. The number of benzene rings is 1. The van der Waals surface area contributed by atoms with Crippen LogP contribution in [-0.2, 0) is 9.59 Å². The topological polar surface area (TPSA) is 49.4 Å². The SMILES string of the molecule is CC[C@H](C)c1ccccc1NC(=O)[C@H]1CC(=O)N(C(C)(C)C)C1. The first-order chi connectivity index (χ1) is 10.7. The number of amides is 2. The summed E-state index contributed by atoms with van der Waals surface area (Å²) >= 11 is 0. The predicted molar refractivity (Wildman–Crippen MR) is 93.4 cm³/mol. The van der Waals surface area contributed by atoms with Gasteiger partial charge in [-0.3, -0.25) is 9.59 Å². The van der Waals surface area contributed by atoms with Crippen LogP contribution in [0.4, 0.5) is 5.69 Å². The molecule has 1 heterocycles. The lowest BCUT2D eigenvalue weighted by molar-refractivity contribution is -0.131. The van der Waals surface area contributed by atoms with E-state index in [4.69, 9.17) is 0 Å². The molecule has 4 nitrogen and oxygen atoms in total. The van der Waals surface area contributed by atoms with Crippen molar-refractivity contribution in [2.24, 2.45) is 5.92 Å².